The molecule has 4 nitrogen and oxygen atoms in total. The predicted octanol–water partition coefficient (Wildman–Crippen LogP) is 1.70. The average molecular weight is 249 g/mol. The van der Waals surface area contributed by atoms with E-state index in [0.717, 1.165) is 24.4 Å². The van der Waals surface area contributed by atoms with Crippen LogP contribution in [0.5, 0.6) is 0 Å². The first-order valence-corrected chi connectivity index (χ1v) is 6.96. The minimum absolute atomic E-state index is 0.0705. The van der Waals surface area contributed by atoms with Crippen molar-refractivity contribution in [1.82, 2.24) is 9.78 Å². The van der Waals surface area contributed by atoms with E-state index in [1.165, 1.54) is 12.8 Å². The lowest BCUT2D eigenvalue weighted by atomic mass is 10.0. The Morgan fingerprint density at radius 1 is 1.56 bits per heavy atom. The number of carbonyl (C=O) groups excluding carboxylic acids is 1. The number of rotatable bonds is 7. The van der Waals surface area contributed by atoms with Crippen molar-refractivity contribution in [2.24, 2.45) is 11.7 Å². The highest BCUT2D eigenvalue weighted by molar-refractivity contribution is 5.81. The predicted molar refractivity (Wildman–Crippen MR) is 71.3 cm³/mol. The molecule has 100 valence electrons. The lowest BCUT2D eigenvalue weighted by Gasteiger charge is -2.09. The van der Waals surface area contributed by atoms with Crippen LogP contribution in [-0.4, -0.2) is 21.6 Å². The molecule has 0 spiro atoms. The standard InChI is InChI=1S/C14H23N3O/c1-3-11-7-12(17(4-2)16-11)8-13(18)9-14(15)10-5-6-10/h7,10,14H,3-6,8-9,15H2,1-2H3. The summed E-state index contributed by atoms with van der Waals surface area (Å²) in [7, 11) is 0. The van der Waals surface area contributed by atoms with Gasteiger partial charge in [-0.15, -0.1) is 0 Å². The van der Waals surface area contributed by atoms with Crippen LogP contribution >= 0.6 is 0 Å². The maximum Gasteiger partial charge on any atom is 0.140 e. The van der Waals surface area contributed by atoms with Crippen LogP contribution in [0.2, 0.25) is 0 Å². The molecular formula is C14H23N3O. The number of carbonyl (C=O) groups is 1. The molecule has 0 saturated heterocycles. The monoisotopic (exact) mass is 249 g/mol. The number of hydrogen-bond acceptors (Lipinski definition) is 3. The van der Waals surface area contributed by atoms with E-state index < -0.39 is 0 Å². The molecule has 2 N–H and O–H groups in total. The van der Waals surface area contributed by atoms with Gasteiger partial charge in [0, 0.05) is 31.1 Å². The summed E-state index contributed by atoms with van der Waals surface area (Å²) in [5.41, 5.74) is 8.08. The molecule has 1 aliphatic carbocycles. The Morgan fingerprint density at radius 3 is 2.83 bits per heavy atom. The largest absolute Gasteiger partial charge is 0.327 e. The van der Waals surface area contributed by atoms with Crippen LogP contribution in [0.1, 0.15) is 44.5 Å². The van der Waals surface area contributed by atoms with E-state index in [9.17, 15) is 4.79 Å². The maximum absolute atomic E-state index is 12.0. The van der Waals surface area contributed by atoms with Crippen molar-refractivity contribution in [2.45, 2.75) is 58.5 Å². The molecule has 0 radical (unpaired) electrons. The SMILES string of the molecule is CCc1cc(CC(=O)CC(N)C2CC2)n(CC)n1. The number of nitrogens with two attached hydrogens (primary N) is 1. The molecule has 4 heteroatoms. The van der Waals surface area contributed by atoms with Crippen molar-refractivity contribution < 1.29 is 4.79 Å². The molecule has 1 aromatic heterocycles. The Morgan fingerprint density at radius 2 is 2.28 bits per heavy atom. The van der Waals surface area contributed by atoms with Crippen LogP contribution in [0, 0.1) is 5.92 Å². The van der Waals surface area contributed by atoms with Crippen molar-refractivity contribution in [3.63, 3.8) is 0 Å². The van der Waals surface area contributed by atoms with Crippen LogP contribution in [0.3, 0.4) is 0 Å². The summed E-state index contributed by atoms with van der Waals surface area (Å²) in [5.74, 6) is 0.836. The molecule has 1 heterocycles. The minimum Gasteiger partial charge on any atom is -0.327 e. The van der Waals surface area contributed by atoms with Crippen molar-refractivity contribution in [1.29, 1.82) is 0 Å². The molecule has 1 saturated carbocycles. The molecule has 18 heavy (non-hydrogen) atoms. The highest BCUT2D eigenvalue weighted by Crippen LogP contribution is 2.32. The van der Waals surface area contributed by atoms with Gasteiger partial charge >= 0.3 is 0 Å². The summed E-state index contributed by atoms with van der Waals surface area (Å²) in [5, 5.41) is 4.46. The van der Waals surface area contributed by atoms with Crippen LogP contribution < -0.4 is 5.73 Å². The van der Waals surface area contributed by atoms with Gasteiger partial charge in [0.25, 0.3) is 0 Å². The van der Waals surface area contributed by atoms with E-state index >= 15 is 0 Å². The molecule has 1 aromatic rings. The summed E-state index contributed by atoms with van der Waals surface area (Å²) in [6, 6.07) is 2.12. The average Bonchev–Trinajstić information content (AvgIpc) is 3.12. The van der Waals surface area contributed by atoms with Crippen molar-refractivity contribution in [3.05, 3.63) is 17.5 Å². The number of aryl methyl sites for hydroxylation is 2. The van der Waals surface area contributed by atoms with Gasteiger partial charge in [-0.1, -0.05) is 6.92 Å². The van der Waals surface area contributed by atoms with E-state index in [1.54, 1.807) is 0 Å². The topological polar surface area (TPSA) is 60.9 Å². The molecule has 1 atom stereocenters. The molecule has 0 bridgehead atoms. The number of nitrogens with zero attached hydrogens (tertiary/aromatic N) is 2. The number of hydrogen-bond donors (Lipinski definition) is 1. The lowest BCUT2D eigenvalue weighted by molar-refractivity contribution is -0.118. The summed E-state index contributed by atoms with van der Waals surface area (Å²) in [6.45, 7) is 4.95. The second kappa shape index (κ2) is 5.65. The van der Waals surface area contributed by atoms with Gasteiger partial charge in [0.1, 0.15) is 5.78 Å². The maximum atomic E-state index is 12.0. The second-order valence-electron chi connectivity index (χ2n) is 5.22. The highest BCUT2D eigenvalue weighted by Gasteiger charge is 2.29. The Hall–Kier alpha value is -1.16. The zero-order chi connectivity index (χ0) is 13.1. The van der Waals surface area contributed by atoms with E-state index in [0.29, 0.717) is 18.8 Å². The van der Waals surface area contributed by atoms with Gasteiger partial charge in [-0.3, -0.25) is 9.48 Å². The molecular weight excluding hydrogens is 226 g/mol. The van der Waals surface area contributed by atoms with Gasteiger partial charge in [-0.05, 0) is 38.2 Å². The van der Waals surface area contributed by atoms with E-state index in [1.807, 2.05) is 10.7 Å². The molecule has 1 unspecified atom stereocenters. The molecule has 0 aromatic carbocycles. The van der Waals surface area contributed by atoms with E-state index in [-0.39, 0.29) is 11.8 Å². The molecule has 1 fully saturated rings. The van der Waals surface area contributed by atoms with Crippen LogP contribution in [0.15, 0.2) is 6.07 Å². The smallest absolute Gasteiger partial charge is 0.140 e. The van der Waals surface area contributed by atoms with Gasteiger partial charge in [0.05, 0.1) is 5.69 Å². The van der Waals surface area contributed by atoms with Gasteiger partial charge in [0.15, 0.2) is 0 Å². The zero-order valence-electron chi connectivity index (χ0n) is 11.4. The Labute approximate surface area is 109 Å². The first-order chi connectivity index (χ1) is 8.63. The first-order valence-electron chi connectivity index (χ1n) is 6.96. The van der Waals surface area contributed by atoms with Crippen LogP contribution in [0.25, 0.3) is 0 Å². The summed E-state index contributed by atoms with van der Waals surface area (Å²) >= 11 is 0. The second-order valence-corrected chi connectivity index (χ2v) is 5.22. The van der Waals surface area contributed by atoms with Crippen LogP contribution in [-0.2, 0) is 24.2 Å². The molecule has 1 aliphatic rings. The summed E-state index contributed by atoms with van der Waals surface area (Å²) in [4.78, 5) is 12.0. The Bertz CT molecular complexity index is 421. The Balaban J connectivity index is 1.94. The first kappa shape index (κ1) is 13.3. The van der Waals surface area contributed by atoms with Crippen molar-refractivity contribution in [3.8, 4) is 0 Å². The van der Waals surface area contributed by atoms with Crippen molar-refractivity contribution >= 4 is 5.78 Å². The number of aromatic nitrogens is 2. The zero-order valence-corrected chi connectivity index (χ0v) is 11.4. The third-order valence-corrected chi connectivity index (χ3v) is 3.64. The Kier molecular flexibility index (Phi) is 4.17. The fraction of sp³-hybridized carbons (Fsp3) is 0.714. The molecule has 0 amide bonds. The quantitative estimate of drug-likeness (QED) is 0.800. The number of Topliss-reactive ketones (excluding diaryl/α,β-unsaturated/α-hetero) is 1. The van der Waals surface area contributed by atoms with Gasteiger partial charge in [0.2, 0.25) is 0 Å². The number of ketones is 1. The minimum atomic E-state index is 0.0705. The lowest BCUT2D eigenvalue weighted by Crippen LogP contribution is -2.27. The van der Waals surface area contributed by atoms with E-state index in [4.69, 9.17) is 5.73 Å². The summed E-state index contributed by atoms with van der Waals surface area (Å²) in [6.07, 6.45) is 4.29. The fourth-order valence-electron chi connectivity index (χ4n) is 2.33. The molecule has 2 rings (SSSR count). The summed E-state index contributed by atoms with van der Waals surface area (Å²) < 4.78 is 1.93. The third kappa shape index (κ3) is 3.19. The van der Waals surface area contributed by atoms with E-state index in [2.05, 4.69) is 18.9 Å². The normalized spacial score (nSPS) is 16.8. The van der Waals surface area contributed by atoms with Gasteiger partial charge in [-0.25, -0.2) is 0 Å². The third-order valence-electron chi connectivity index (χ3n) is 3.64. The van der Waals surface area contributed by atoms with Gasteiger partial charge in [-0.2, -0.15) is 5.10 Å². The fourth-order valence-corrected chi connectivity index (χ4v) is 2.33. The molecule has 0 aliphatic heterocycles. The highest BCUT2D eigenvalue weighted by atomic mass is 16.1. The van der Waals surface area contributed by atoms with Crippen LogP contribution in [0.4, 0.5) is 0 Å². The van der Waals surface area contributed by atoms with Crippen molar-refractivity contribution in [2.75, 3.05) is 0 Å². The van der Waals surface area contributed by atoms with Gasteiger partial charge < -0.3 is 5.73 Å².